The molecule has 2 N–H and O–H groups in total. The number of amides is 1. The van der Waals surface area contributed by atoms with Gasteiger partial charge in [-0.15, -0.1) is 0 Å². The molecule has 2 rings (SSSR count). The lowest BCUT2D eigenvalue weighted by atomic mass is 10.0. The second-order valence-electron chi connectivity index (χ2n) is 5.44. The fraction of sp³-hybridized carbons (Fsp3) is 0.533. The van der Waals surface area contributed by atoms with E-state index in [-0.39, 0.29) is 6.04 Å². The smallest absolute Gasteiger partial charge is 0.407 e. The maximum Gasteiger partial charge on any atom is 0.407 e. The van der Waals surface area contributed by atoms with Crippen molar-refractivity contribution >= 4 is 6.09 Å². The van der Waals surface area contributed by atoms with E-state index in [0.717, 1.165) is 13.1 Å². The van der Waals surface area contributed by atoms with E-state index >= 15 is 0 Å². The van der Waals surface area contributed by atoms with Gasteiger partial charge in [-0.05, 0) is 18.9 Å². The topological polar surface area (TPSA) is 64.0 Å². The number of carboxylic acid groups (broad SMARTS) is 1. The molecule has 1 fully saturated rings. The molecule has 5 heteroatoms. The van der Waals surface area contributed by atoms with Gasteiger partial charge in [0.15, 0.2) is 0 Å². The van der Waals surface area contributed by atoms with Crippen molar-refractivity contribution in [2.75, 3.05) is 19.6 Å². The summed E-state index contributed by atoms with van der Waals surface area (Å²) >= 11 is 0. The molecule has 5 nitrogen and oxygen atoms in total. The molecule has 1 aromatic rings. The highest BCUT2D eigenvalue weighted by atomic mass is 16.4. The Balaban J connectivity index is 1.99. The Hall–Kier alpha value is -1.59. The summed E-state index contributed by atoms with van der Waals surface area (Å²) in [7, 11) is 0. The molecule has 2 atom stereocenters. The Bertz CT molecular complexity index is 436. The van der Waals surface area contributed by atoms with Gasteiger partial charge in [0.05, 0.1) is 12.1 Å². The zero-order chi connectivity index (χ0) is 14.5. The molecule has 1 heterocycles. The predicted molar refractivity (Wildman–Crippen MR) is 76.5 cm³/mol. The van der Waals surface area contributed by atoms with E-state index in [1.807, 2.05) is 18.2 Å². The zero-order valence-corrected chi connectivity index (χ0v) is 11.8. The number of hydrogen-bond donors (Lipinski definition) is 2. The molecule has 0 aliphatic carbocycles. The third kappa shape index (κ3) is 3.95. The number of piperazine rings is 1. The molecule has 20 heavy (non-hydrogen) atoms. The van der Waals surface area contributed by atoms with Gasteiger partial charge in [-0.25, -0.2) is 4.79 Å². The van der Waals surface area contributed by atoms with Crippen LogP contribution >= 0.6 is 0 Å². The van der Waals surface area contributed by atoms with Crippen LogP contribution in [0, 0.1) is 0 Å². The summed E-state index contributed by atoms with van der Waals surface area (Å²) in [6.45, 7) is 4.43. The molecular weight excluding hydrogens is 256 g/mol. The average Bonchev–Trinajstić information content (AvgIpc) is 2.39. The number of rotatable bonds is 4. The van der Waals surface area contributed by atoms with E-state index in [1.54, 1.807) is 6.92 Å². The van der Waals surface area contributed by atoms with Crippen LogP contribution in [0.3, 0.4) is 0 Å². The fourth-order valence-electron chi connectivity index (χ4n) is 2.75. The minimum absolute atomic E-state index is 0.134. The maximum absolute atomic E-state index is 11.2. The van der Waals surface area contributed by atoms with Crippen molar-refractivity contribution in [2.45, 2.75) is 32.0 Å². The van der Waals surface area contributed by atoms with Crippen molar-refractivity contribution in [3.63, 3.8) is 0 Å². The molecule has 1 saturated heterocycles. The van der Waals surface area contributed by atoms with E-state index in [1.165, 1.54) is 10.5 Å². The summed E-state index contributed by atoms with van der Waals surface area (Å²) in [5.41, 5.74) is 1.23. The molecule has 1 unspecified atom stereocenters. The SMILES string of the molecule is CC(O)C[C@H]1CN(Cc2ccccc2)CCN1C(=O)O. The van der Waals surface area contributed by atoms with Crippen LogP contribution in [0.1, 0.15) is 18.9 Å². The highest BCUT2D eigenvalue weighted by Crippen LogP contribution is 2.17. The van der Waals surface area contributed by atoms with Gasteiger partial charge in [-0.3, -0.25) is 4.90 Å². The molecule has 0 saturated carbocycles. The summed E-state index contributed by atoms with van der Waals surface area (Å²) in [5, 5.41) is 18.8. The lowest BCUT2D eigenvalue weighted by Crippen LogP contribution is -2.55. The van der Waals surface area contributed by atoms with Crippen LogP contribution in [0.4, 0.5) is 4.79 Å². The minimum atomic E-state index is -0.894. The lowest BCUT2D eigenvalue weighted by molar-refractivity contribution is 0.0412. The predicted octanol–water partition coefficient (Wildman–Crippen LogP) is 1.62. The molecule has 1 aromatic carbocycles. The van der Waals surface area contributed by atoms with Gasteiger partial charge in [-0.2, -0.15) is 0 Å². The van der Waals surface area contributed by atoms with E-state index in [9.17, 15) is 15.0 Å². The van der Waals surface area contributed by atoms with Crippen LogP contribution in [0.15, 0.2) is 30.3 Å². The monoisotopic (exact) mass is 278 g/mol. The summed E-state index contributed by atoms with van der Waals surface area (Å²) in [6, 6.07) is 10.0. The van der Waals surface area contributed by atoms with Gasteiger partial charge in [0.25, 0.3) is 0 Å². The molecule has 110 valence electrons. The molecular formula is C15H22N2O3. The molecule has 0 spiro atoms. The van der Waals surface area contributed by atoms with Crippen LogP contribution in [-0.2, 0) is 6.54 Å². The fourth-order valence-corrected chi connectivity index (χ4v) is 2.75. The van der Waals surface area contributed by atoms with Crippen LogP contribution in [-0.4, -0.2) is 57.9 Å². The number of carbonyl (C=O) groups is 1. The Morgan fingerprint density at radius 1 is 1.35 bits per heavy atom. The van der Waals surface area contributed by atoms with Crippen LogP contribution < -0.4 is 0 Å². The van der Waals surface area contributed by atoms with Crippen molar-refractivity contribution in [1.29, 1.82) is 0 Å². The molecule has 1 aliphatic heterocycles. The number of aliphatic hydroxyl groups excluding tert-OH is 1. The highest BCUT2D eigenvalue weighted by molar-refractivity contribution is 5.65. The van der Waals surface area contributed by atoms with Crippen LogP contribution in [0.25, 0.3) is 0 Å². The van der Waals surface area contributed by atoms with Crippen LogP contribution in [0.2, 0.25) is 0 Å². The van der Waals surface area contributed by atoms with Crippen molar-refractivity contribution < 1.29 is 15.0 Å². The highest BCUT2D eigenvalue weighted by Gasteiger charge is 2.30. The first-order chi connectivity index (χ1) is 9.56. The Labute approximate surface area is 119 Å². The average molecular weight is 278 g/mol. The quantitative estimate of drug-likeness (QED) is 0.878. The largest absolute Gasteiger partial charge is 0.465 e. The van der Waals surface area contributed by atoms with E-state index in [4.69, 9.17) is 0 Å². The van der Waals surface area contributed by atoms with Gasteiger partial charge in [-0.1, -0.05) is 30.3 Å². The van der Waals surface area contributed by atoms with Crippen molar-refractivity contribution in [2.24, 2.45) is 0 Å². The van der Waals surface area contributed by atoms with Crippen molar-refractivity contribution in [1.82, 2.24) is 9.80 Å². The van der Waals surface area contributed by atoms with Gasteiger partial charge in [0.2, 0.25) is 0 Å². The zero-order valence-electron chi connectivity index (χ0n) is 11.8. The first kappa shape index (κ1) is 14.8. The first-order valence-electron chi connectivity index (χ1n) is 7.00. The summed E-state index contributed by atoms with van der Waals surface area (Å²) in [4.78, 5) is 14.9. The molecule has 1 aliphatic rings. The molecule has 1 amide bonds. The number of hydrogen-bond acceptors (Lipinski definition) is 3. The number of nitrogens with zero attached hydrogens (tertiary/aromatic N) is 2. The van der Waals surface area contributed by atoms with Gasteiger partial charge >= 0.3 is 6.09 Å². The number of benzene rings is 1. The standard InChI is InChI=1S/C15H22N2O3/c1-12(18)9-14-11-16(7-8-17(14)15(19)20)10-13-5-3-2-4-6-13/h2-6,12,14,18H,7-11H2,1H3,(H,19,20)/t12?,14-/m0/s1. The Kier molecular flexibility index (Phi) is 4.98. The summed E-state index contributed by atoms with van der Waals surface area (Å²) < 4.78 is 0. The second kappa shape index (κ2) is 6.72. The number of aliphatic hydroxyl groups is 1. The van der Waals surface area contributed by atoms with Gasteiger partial charge < -0.3 is 15.1 Å². The van der Waals surface area contributed by atoms with Crippen molar-refractivity contribution in [3.05, 3.63) is 35.9 Å². The third-order valence-corrected chi connectivity index (χ3v) is 3.67. The molecule has 0 aromatic heterocycles. The van der Waals surface area contributed by atoms with Crippen molar-refractivity contribution in [3.8, 4) is 0 Å². The van der Waals surface area contributed by atoms with Gasteiger partial charge in [0, 0.05) is 26.2 Å². The normalized spacial score (nSPS) is 21.7. The van der Waals surface area contributed by atoms with E-state index < -0.39 is 12.2 Å². The second-order valence-corrected chi connectivity index (χ2v) is 5.44. The minimum Gasteiger partial charge on any atom is -0.465 e. The Morgan fingerprint density at radius 3 is 2.65 bits per heavy atom. The van der Waals surface area contributed by atoms with Gasteiger partial charge in [0.1, 0.15) is 0 Å². The van der Waals surface area contributed by atoms with E-state index in [2.05, 4.69) is 17.0 Å². The van der Waals surface area contributed by atoms with E-state index in [0.29, 0.717) is 19.5 Å². The summed E-state index contributed by atoms with van der Waals surface area (Å²) in [6.07, 6.45) is -0.897. The summed E-state index contributed by atoms with van der Waals surface area (Å²) in [5.74, 6) is 0. The molecule has 0 bridgehead atoms. The lowest BCUT2D eigenvalue weighted by Gasteiger charge is -2.40. The Morgan fingerprint density at radius 2 is 2.05 bits per heavy atom. The molecule has 0 radical (unpaired) electrons. The van der Waals surface area contributed by atoms with Crippen LogP contribution in [0.5, 0.6) is 0 Å². The third-order valence-electron chi connectivity index (χ3n) is 3.67. The first-order valence-corrected chi connectivity index (χ1v) is 7.00. The maximum atomic E-state index is 11.2.